The van der Waals surface area contributed by atoms with Crippen molar-refractivity contribution in [3.05, 3.63) is 54.7 Å². The summed E-state index contributed by atoms with van der Waals surface area (Å²) in [4.78, 5) is 42.8. The van der Waals surface area contributed by atoms with Crippen LogP contribution in [0.4, 0.5) is 0 Å². The van der Waals surface area contributed by atoms with Crippen molar-refractivity contribution >= 4 is 96.9 Å². The Morgan fingerprint density at radius 1 is 0.531 bits per heavy atom. The van der Waals surface area contributed by atoms with Crippen molar-refractivity contribution in [3.8, 4) is 0 Å². The molecule has 7 heterocycles. The molecule has 6 nitrogen and oxygen atoms in total. The van der Waals surface area contributed by atoms with Crippen LogP contribution in [0, 0.1) is 0 Å². The number of unbranched alkanes of at least 4 members (excludes halogenated alkanes) is 14. The standard InChI is InChI=1S/C40H46N4O2S3/c1-3-5-7-9-11-12-13-14-16-18-20-25-23-29-37(47-25)41-35-27-21-22-28-32-31(27)34(40(46)43(29)35)49-33(32)36-42-38-30(44(36)39(28)45)24-26(48-38)19-17-15-10-8-6-4-2/h21-24H,3-20H2,1-2H3. The molecule has 8 rings (SSSR count). The van der Waals surface area contributed by atoms with Crippen LogP contribution in [-0.2, 0) is 12.8 Å². The number of thiophene rings is 3. The van der Waals surface area contributed by atoms with E-state index in [0.29, 0.717) is 21.4 Å². The topological polar surface area (TPSA) is 68.7 Å². The SMILES string of the molecule is CCCCCCCCCCCCc1cc2c(nc3c4ccc5c(=O)n6c7cc(CCCCCCCC)sc7nc6c6sc(c(=O)n23)c4c56)s1. The van der Waals surface area contributed by atoms with E-state index in [1.54, 1.807) is 27.1 Å². The first-order chi connectivity index (χ1) is 24.1. The first kappa shape index (κ1) is 33.0. The van der Waals surface area contributed by atoms with Crippen LogP contribution in [0.15, 0.2) is 33.9 Å². The molecule has 0 fully saturated rings. The van der Waals surface area contributed by atoms with Crippen LogP contribution in [0.25, 0.3) is 62.9 Å². The molecule has 0 atom stereocenters. The lowest BCUT2D eigenvalue weighted by molar-refractivity contribution is 0.557. The van der Waals surface area contributed by atoms with Gasteiger partial charge in [0.25, 0.3) is 11.1 Å². The van der Waals surface area contributed by atoms with Crippen molar-refractivity contribution in [1.82, 2.24) is 18.8 Å². The molecule has 49 heavy (non-hydrogen) atoms. The number of imidazole rings is 2. The van der Waals surface area contributed by atoms with Gasteiger partial charge < -0.3 is 0 Å². The van der Waals surface area contributed by atoms with Gasteiger partial charge in [-0.25, -0.2) is 9.97 Å². The van der Waals surface area contributed by atoms with E-state index in [9.17, 15) is 9.59 Å². The zero-order valence-electron chi connectivity index (χ0n) is 28.9. The second-order valence-electron chi connectivity index (χ2n) is 14.1. The highest BCUT2D eigenvalue weighted by molar-refractivity contribution is 7.27. The summed E-state index contributed by atoms with van der Waals surface area (Å²) in [6.45, 7) is 4.52. The number of pyridine rings is 2. The number of aromatic nitrogens is 4. The van der Waals surface area contributed by atoms with Gasteiger partial charge in [-0.05, 0) is 49.9 Å². The number of aryl methyl sites for hydroxylation is 2. The van der Waals surface area contributed by atoms with Crippen molar-refractivity contribution in [2.75, 3.05) is 0 Å². The van der Waals surface area contributed by atoms with E-state index in [-0.39, 0.29) is 11.1 Å². The largest absolute Gasteiger partial charge is 0.274 e. The lowest BCUT2D eigenvalue weighted by Crippen LogP contribution is -2.13. The summed E-state index contributed by atoms with van der Waals surface area (Å²) in [5.74, 6) is 0. The fourth-order valence-electron chi connectivity index (χ4n) is 7.87. The maximum atomic E-state index is 14.3. The number of rotatable bonds is 18. The minimum absolute atomic E-state index is 0.0397. The van der Waals surface area contributed by atoms with Crippen LogP contribution in [0.2, 0.25) is 0 Å². The molecule has 1 aromatic carbocycles. The smallest absolute Gasteiger partial charge is 0.268 e. The average molecular weight is 711 g/mol. The van der Waals surface area contributed by atoms with Crippen molar-refractivity contribution in [3.63, 3.8) is 0 Å². The Labute approximate surface area is 298 Å². The number of hydrogen-bond donors (Lipinski definition) is 0. The lowest BCUT2D eigenvalue weighted by Gasteiger charge is -2.05. The molecule has 9 heteroatoms. The Morgan fingerprint density at radius 2 is 1.00 bits per heavy atom. The number of benzene rings is 1. The molecular weight excluding hydrogens is 665 g/mol. The summed E-state index contributed by atoms with van der Waals surface area (Å²) in [5.41, 5.74) is 3.09. The Kier molecular flexibility index (Phi) is 9.60. The third kappa shape index (κ3) is 5.93. The minimum Gasteiger partial charge on any atom is -0.268 e. The number of nitrogens with zero attached hydrogens (tertiary/aromatic N) is 4. The molecule has 0 aliphatic carbocycles. The molecule has 0 bridgehead atoms. The zero-order chi connectivity index (χ0) is 33.5. The normalized spacial score (nSPS) is 12.7. The second kappa shape index (κ2) is 14.2. The molecular formula is C40H46N4O2S3. The molecule has 0 saturated carbocycles. The molecule has 0 radical (unpaired) electrons. The summed E-state index contributed by atoms with van der Waals surface area (Å²) in [6, 6.07) is 8.31. The van der Waals surface area contributed by atoms with Crippen LogP contribution < -0.4 is 11.1 Å². The zero-order valence-corrected chi connectivity index (χ0v) is 31.3. The van der Waals surface area contributed by atoms with Crippen LogP contribution in [-0.4, -0.2) is 18.8 Å². The number of fused-ring (bicyclic) bond motifs is 8. The maximum Gasteiger partial charge on any atom is 0.274 e. The molecule has 0 amide bonds. The predicted molar refractivity (Wildman–Crippen MR) is 213 cm³/mol. The molecule has 0 aliphatic heterocycles. The van der Waals surface area contributed by atoms with Gasteiger partial charge >= 0.3 is 0 Å². The number of hydrogen-bond acceptors (Lipinski definition) is 7. The molecule has 256 valence electrons. The van der Waals surface area contributed by atoms with Gasteiger partial charge in [-0.2, -0.15) is 0 Å². The third-order valence-corrected chi connectivity index (χ3v) is 13.8. The highest BCUT2D eigenvalue weighted by Crippen LogP contribution is 2.43. The summed E-state index contributed by atoms with van der Waals surface area (Å²) in [7, 11) is 0. The van der Waals surface area contributed by atoms with E-state index in [2.05, 4.69) is 26.0 Å². The maximum absolute atomic E-state index is 14.3. The quantitative estimate of drug-likeness (QED) is 0.0656. The van der Waals surface area contributed by atoms with E-state index in [4.69, 9.17) is 9.97 Å². The van der Waals surface area contributed by atoms with E-state index in [1.807, 2.05) is 16.5 Å². The van der Waals surface area contributed by atoms with Gasteiger partial charge in [0.05, 0.1) is 15.7 Å². The van der Waals surface area contributed by atoms with E-state index in [1.165, 1.54) is 124 Å². The molecule has 8 aromatic rings. The fourth-order valence-corrected chi connectivity index (χ4v) is 11.2. The highest BCUT2D eigenvalue weighted by Gasteiger charge is 2.26. The predicted octanol–water partition coefficient (Wildman–Crippen LogP) is 11.9. The Hall–Kier alpha value is -3.14. The van der Waals surface area contributed by atoms with Gasteiger partial charge in [-0.15, -0.1) is 34.0 Å². The first-order valence-corrected chi connectivity index (χ1v) is 21.3. The molecule has 7 aromatic heterocycles. The Balaban J connectivity index is 1.07. The van der Waals surface area contributed by atoms with Gasteiger partial charge in [0, 0.05) is 31.3 Å². The first-order valence-electron chi connectivity index (χ1n) is 18.8. The fraction of sp³-hybridized carbons (Fsp3) is 0.500. The Morgan fingerprint density at radius 3 is 1.57 bits per heavy atom. The van der Waals surface area contributed by atoms with Crippen LogP contribution in [0.1, 0.15) is 126 Å². The summed E-state index contributed by atoms with van der Waals surface area (Å²) >= 11 is 4.92. The molecule has 0 unspecified atom stereocenters. The minimum atomic E-state index is -0.0521. The van der Waals surface area contributed by atoms with E-state index >= 15 is 0 Å². The monoisotopic (exact) mass is 710 g/mol. The Bertz CT molecular complexity index is 2500. The van der Waals surface area contributed by atoms with E-state index in [0.717, 1.165) is 54.4 Å². The van der Waals surface area contributed by atoms with Crippen molar-refractivity contribution in [2.45, 2.75) is 129 Å². The van der Waals surface area contributed by atoms with Crippen molar-refractivity contribution < 1.29 is 0 Å². The summed E-state index contributed by atoms with van der Waals surface area (Å²) in [5, 5.41) is 3.33. The van der Waals surface area contributed by atoms with Crippen LogP contribution >= 0.6 is 34.0 Å². The van der Waals surface area contributed by atoms with Crippen molar-refractivity contribution in [1.29, 1.82) is 0 Å². The molecule has 0 aliphatic rings. The second-order valence-corrected chi connectivity index (χ2v) is 17.3. The van der Waals surface area contributed by atoms with Gasteiger partial charge in [0.1, 0.15) is 20.0 Å². The van der Waals surface area contributed by atoms with Gasteiger partial charge in [-0.1, -0.05) is 104 Å². The average Bonchev–Trinajstić information content (AvgIpc) is 3.91. The molecule has 0 saturated heterocycles. The van der Waals surface area contributed by atoms with Crippen LogP contribution in [0.5, 0.6) is 0 Å². The van der Waals surface area contributed by atoms with Gasteiger partial charge in [0.15, 0.2) is 5.65 Å². The highest BCUT2D eigenvalue weighted by atomic mass is 32.1. The van der Waals surface area contributed by atoms with Gasteiger partial charge in [0.2, 0.25) is 0 Å². The van der Waals surface area contributed by atoms with Crippen molar-refractivity contribution in [2.24, 2.45) is 0 Å². The lowest BCUT2D eigenvalue weighted by atomic mass is 10.0. The van der Waals surface area contributed by atoms with Crippen LogP contribution in [0.3, 0.4) is 0 Å². The molecule has 0 spiro atoms. The third-order valence-electron chi connectivity index (χ3n) is 10.5. The van der Waals surface area contributed by atoms with E-state index < -0.39 is 0 Å². The van der Waals surface area contributed by atoms with Gasteiger partial charge in [-0.3, -0.25) is 18.4 Å². The summed E-state index contributed by atoms with van der Waals surface area (Å²) in [6.07, 6.45) is 22.9. The molecule has 0 N–H and O–H groups in total. The summed E-state index contributed by atoms with van der Waals surface area (Å²) < 4.78 is 5.23.